The minimum absolute atomic E-state index is 0.0150. The third kappa shape index (κ3) is 3.88. The van der Waals surface area contributed by atoms with Gasteiger partial charge in [0.15, 0.2) is 10.9 Å². The summed E-state index contributed by atoms with van der Waals surface area (Å²) in [6, 6.07) is 3.98. The first kappa shape index (κ1) is 15.2. The molecule has 2 aromatic rings. The third-order valence-corrected chi connectivity index (χ3v) is 3.63. The van der Waals surface area contributed by atoms with Crippen LogP contribution in [0.5, 0.6) is 0 Å². The normalized spacial score (nSPS) is 10.4. The molecule has 0 spiro atoms. The van der Waals surface area contributed by atoms with Gasteiger partial charge in [-0.05, 0) is 18.2 Å². The maximum Gasteiger partial charge on any atom is 0.221 e. The van der Waals surface area contributed by atoms with Crippen molar-refractivity contribution in [2.45, 2.75) is 12.1 Å². The molecule has 21 heavy (non-hydrogen) atoms. The van der Waals surface area contributed by atoms with Gasteiger partial charge in [-0.2, -0.15) is 0 Å². The number of rotatable bonds is 5. The Morgan fingerprint density at radius 3 is 2.76 bits per heavy atom. The van der Waals surface area contributed by atoms with E-state index in [1.807, 2.05) is 0 Å². The van der Waals surface area contributed by atoms with Crippen LogP contribution in [0.25, 0.3) is 0 Å². The first-order valence-electron chi connectivity index (χ1n) is 6.04. The second kappa shape index (κ2) is 6.49. The van der Waals surface area contributed by atoms with Crippen LogP contribution >= 0.6 is 11.8 Å². The number of carbonyl (C=O) groups is 2. The van der Waals surface area contributed by atoms with Crippen LogP contribution in [0.15, 0.2) is 29.7 Å². The second-order valence-electron chi connectivity index (χ2n) is 4.31. The first-order valence-corrected chi connectivity index (χ1v) is 7.03. The van der Waals surface area contributed by atoms with Gasteiger partial charge in [-0.15, -0.1) is 10.2 Å². The van der Waals surface area contributed by atoms with Crippen LogP contribution in [-0.2, 0) is 11.8 Å². The number of hydrogen-bond acceptors (Lipinski definition) is 5. The highest BCUT2D eigenvalue weighted by Gasteiger charge is 2.14. The number of benzene rings is 1. The van der Waals surface area contributed by atoms with Crippen molar-refractivity contribution in [3.8, 4) is 0 Å². The van der Waals surface area contributed by atoms with Crippen molar-refractivity contribution in [2.75, 3.05) is 11.1 Å². The third-order valence-electron chi connectivity index (χ3n) is 2.59. The molecule has 0 aliphatic carbocycles. The van der Waals surface area contributed by atoms with Crippen LogP contribution in [0.4, 0.5) is 10.1 Å². The highest BCUT2D eigenvalue weighted by molar-refractivity contribution is 7.99. The molecule has 6 nitrogen and oxygen atoms in total. The van der Waals surface area contributed by atoms with E-state index in [1.165, 1.54) is 37.1 Å². The largest absolute Gasteiger partial charge is 0.326 e. The zero-order chi connectivity index (χ0) is 15.4. The minimum Gasteiger partial charge on any atom is -0.326 e. The van der Waals surface area contributed by atoms with E-state index in [2.05, 4.69) is 15.5 Å². The molecule has 0 aliphatic rings. The standard InChI is InChI=1S/C13H13FN4O2S/c1-8(19)16-9-3-4-10(11(14)5-9)12(20)6-21-13-17-15-7-18(13)2/h3-5,7H,6H2,1-2H3,(H,16,19). The average molecular weight is 308 g/mol. The van der Waals surface area contributed by atoms with Crippen LogP contribution in [0.1, 0.15) is 17.3 Å². The first-order chi connectivity index (χ1) is 9.97. The Kier molecular flexibility index (Phi) is 4.69. The summed E-state index contributed by atoms with van der Waals surface area (Å²) >= 11 is 1.18. The quantitative estimate of drug-likeness (QED) is 0.674. The number of halogens is 1. The van der Waals surface area contributed by atoms with Crippen molar-refractivity contribution in [2.24, 2.45) is 7.05 Å². The van der Waals surface area contributed by atoms with Crippen molar-refractivity contribution in [1.29, 1.82) is 0 Å². The molecule has 0 unspecified atom stereocenters. The molecule has 1 aromatic carbocycles. The van der Waals surface area contributed by atoms with Gasteiger partial charge < -0.3 is 9.88 Å². The molecule has 0 saturated heterocycles. The minimum atomic E-state index is -0.662. The summed E-state index contributed by atoms with van der Waals surface area (Å²) in [5.41, 5.74) is 0.302. The van der Waals surface area contributed by atoms with Crippen molar-refractivity contribution in [3.63, 3.8) is 0 Å². The van der Waals surface area contributed by atoms with Gasteiger partial charge >= 0.3 is 0 Å². The highest BCUT2D eigenvalue weighted by Crippen LogP contribution is 2.19. The Labute approximate surface area is 124 Å². The molecular formula is C13H13FN4O2S. The summed E-state index contributed by atoms with van der Waals surface area (Å²) in [4.78, 5) is 22.9. The molecule has 0 radical (unpaired) electrons. The second-order valence-corrected chi connectivity index (χ2v) is 5.25. The smallest absolute Gasteiger partial charge is 0.221 e. The predicted molar refractivity (Wildman–Crippen MR) is 76.8 cm³/mol. The van der Waals surface area contributed by atoms with Gasteiger partial charge in [0.05, 0.1) is 11.3 Å². The summed E-state index contributed by atoms with van der Waals surface area (Å²) in [5.74, 6) is -1.26. The maximum absolute atomic E-state index is 13.9. The Bertz CT molecular complexity index is 687. The van der Waals surface area contributed by atoms with E-state index in [-0.39, 0.29) is 23.0 Å². The number of aromatic nitrogens is 3. The Morgan fingerprint density at radius 1 is 1.43 bits per heavy atom. The molecule has 1 heterocycles. The van der Waals surface area contributed by atoms with E-state index in [1.54, 1.807) is 11.6 Å². The number of thioether (sulfide) groups is 1. The molecule has 0 atom stereocenters. The lowest BCUT2D eigenvalue weighted by Gasteiger charge is -2.06. The molecule has 1 amide bonds. The fraction of sp³-hybridized carbons (Fsp3) is 0.231. The summed E-state index contributed by atoms with van der Waals surface area (Å²) < 4.78 is 15.6. The lowest BCUT2D eigenvalue weighted by atomic mass is 10.1. The van der Waals surface area contributed by atoms with Crippen molar-refractivity contribution in [1.82, 2.24) is 14.8 Å². The van der Waals surface area contributed by atoms with Crippen LogP contribution in [0.3, 0.4) is 0 Å². The van der Waals surface area contributed by atoms with Gasteiger partial charge in [0.25, 0.3) is 0 Å². The average Bonchev–Trinajstić information content (AvgIpc) is 2.81. The SMILES string of the molecule is CC(=O)Nc1ccc(C(=O)CSc2nncn2C)c(F)c1. The number of carbonyl (C=O) groups excluding carboxylic acids is 2. The number of Topliss-reactive ketones (excluding diaryl/α,β-unsaturated/α-hetero) is 1. The maximum atomic E-state index is 13.9. The van der Waals surface area contributed by atoms with Gasteiger partial charge in [-0.25, -0.2) is 4.39 Å². The monoisotopic (exact) mass is 308 g/mol. The molecule has 1 aromatic heterocycles. The van der Waals surface area contributed by atoms with Gasteiger partial charge in [0.2, 0.25) is 5.91 Å². The van der Waals surface area contributed by atoms with Gasteiger partial charge in [-0.1, -0.05) is 11.8 Å². The number of anilines is 1. The number of hydrogen-bond donors (Lipinski definition) is 1. The molecule has 1 N–H and O–H groups in total. The van der Waals surface area contributed by atoms with Crippen molar-refractivity contribution >= 4 is 29.1 Å². The van der Waals surface area contributed by atoms with E-state index in [9.17, 15) is 14.0 Å². The van der Waals surface area contributed by atoms with Crippen LogP contribution in [-0.4, -0.2) is 32.2 Å². The lowest BCUT2D eigenvalue weighted by molar-refractivity contribution is -0.114. The van der Waals surface area contributed by atoms with Crippen LogP contribution < -0.4 is 5.32 Å². The summed E-state index contributed by atoms with van der Waals surface area (Å²) in [7, 11) is 1.76. The Morgan fingerprint density at radius 2 is 2.19 bits per heavy atom. The number of nitrogens with one attached hydrogen (secondary N) is 1. The molecule has 8 heteroatoms. The number of nitrogens with zero attached hydrogens (tertiary/aromatic N) is 3. The highest BCUT2D eigenvalue weighted by atomic mass is 32.2. The van der Waals surface area contributed by atoms with Crippen LogP contribution in [0, 0.1) is 5.82 Å². The van der Waals surface area contributed by atoms with Gasteiger partial charge in [0.1, 0.15) is 12.1 Å². The Balaban J connectivity index is 2.05. The van der Waals surface area contributed by atoms with Gasteiger partial charge in [-0.3, -0.25) is 9.59 Å². The predicted octanol–water partition coefficient (Wildman–Crippen LogP) is 1.89. The molecule has 0 saturated carbocycles. The Hall–Kier alpha value is -2.22. The molecule has 110 valence electrons. The molecule has 2 rings (SSSR count). The summed E-state index contributed by atoms with van der Waals surface area (Å²) in [5, 5.41) is 10.6. The van der Waals surface area contributed by atoms with E-state index >= 15 is 0 Å². The molecule has 0 fully saturated rings. The van der Waals surface area contributed by atoms with E-state index in [0.29, 0.717) is 10.8 Å². The van der Waals surface area contributed by atoms with E-state index in [0.717, 1.165) is 6.07 Å². The molecular weight excluding hydrogens is 295 g/mol. The van der Waals surface area contributed by atoms with Gasteiger partial charge in [0, 0.05) is 19.7 Å². The summed E-state index contributed by atoms with van der Waals surface area (Å²) in [6.07, 6.45) is 1.52. The lowest BCUT2D eigenvalue weighted by Crippen LogP contribution is -2.09. The number of aryl methyl sites for hydroxylation is 1. The number of amides is 1. The zero-order valence-electron chi connectivity index (χ0n) is 11.5. The molecule has 0 bridgehead atoms. The topological polar surface area (TPSA) is 76.9 Å². The van der Waals surface area contributed by atoms with Crippen molar-refractivity contribution in [3.05, 3.63) is 35.9 Å². The fourth-order valence-corrected chi connectivity index (χ4v) is 2.40. The molecule has 0 aliphatic heterocycles. The van der Waals surface area contributed by atoms with Crippen LogP contribution in [0.2, 0.25) is 0 Å². The van der Waals surface area contributed by atoms with E-state index in [4.69, 9.17) is 0 Å². The fourth-order valence-electron chi connectivity index (χ4n) is 1.63. The van der Waals surface area contributed by atoms with Crippen molar-refractivity contribution < 1.29 is 14.0 Å². The van der Waals surface area contributed by atoms with E-state index < -0.39 is 5.82 Å². The number of ketones is 1. The summed E-state index contributed by atoms with van der Waals surface area (Å²) in [6.45, 7) is 1.33. The zero-order valence-corrected chi connectivity index (χ0v) is 12.3.